The summed E-state index contributed by atoms with van der Waals surface area (Å²) in [6.07, 6.45) is 10.4. The first kappa shape index (κ1) is 22.3. The Bertz CT molecular complexity index is 1190. The summed E-state index contributed by atoms with van der Waals surface area (Å²) in [4.78, 5) is 28.6. The lowest BCUT2D eigenvalue weighted by atomic mass is 9.70. The van der Waals surface area contributed by atoms with E-state index < -0.39 is 0 Å². The lowest BCUT2D eigenvalue weighted by molar-refractivity contribution is -0.0130. The fourth-order valence-corrected chi connectivity index (χ4v) is 5.14. The zero-order chi connectivity index (χ0) is 23.7. The second kappa shape index (κ2) is 9.06. The molecule has 0 unspecified atom stereocenters. The molecule has 1 aliphatic carbocycles. The molecule has 2 fully saturated rings. The van der Waals surface area contributed by atoms with E-state index in [1.165, 1.54) is 0 Å². The van der Waals surface area contributed by atoms with Gasteiger partial charge in [0.05, 0.1) is 29.9 Å². The molecular formula is C24H31N9O. The number of nitrogens with zero attached hydrogens (tertiary/aromatic N) is 7. The van der Waals surface area contributed by atoms with Crippen LogP contribution in [-0.2, 0) is 5.54 Å². The molecule has 1 atom stereocenters. The number of amides is 2. The van der Waals surface area contributed by atoms with Gasteiger partial charge in [-0.15, -0.1) is 0 Å². The van der Waals surface area contributed by atoms with Gasteiger partial charge in [-0.25, -0.2) is 14.8 Å². The van der Waals surface area contributed by atoms with Crippen molar-refractivity contribution in [3.8, 4) is 17.3 Å². The number of piperazine rings is 1. The number of carbonyl (C=O) groups is 1. The molecule has 0 spiro atoms. The third kappa shape index (κ3) is 4.01. The number of hydrogen-bond acceptors (Lipinski definition) is 6. The predicted octanol–water partition coefficient (Wildman–Crippen LogP) is 2.72. The Morgan fingerprint density at radius 2 is 2.12 bits per heavy atom. The molecule has 1 saturated carbocycles. The summed E-state index contributed by atoms with van der Waals surface area (Å²) in [6.45, 7) is 7.29. The van der Waals surface area contributed by atoms with Gasteiger partial charge >= 0.3 is 6.03 Å². The van der Waals surface area contributed by atoms with Crippen LogP contribution in [0.3, 0.4) is 0 Å². The van der Waals surface area contributed by atoms with Crippen molar-refractivity contribution in [3.63, 3.8) is 0 Å². The number of aromatic nitrogens is 5. The van der Waals surface area contributed by atoms with Crippen LogP contribution in [0.5, 0.6) is 0 Å². The predicted molar refractivity (Wildman–Crippen MR) is 128 cm³/mol. The Balaban J connectivity index is 1.24. The van der Waals surface area contributed by atoms with Crippen LogP contribution in [0, 0.1) is 11.3 Å². The highest BCUT2D eigenvalue weighted by Gasteiger charge is 2.49. The molecule has 0 bridgehead atoms. The van der Waals surface area contributed by atoms with E-state index in [-0.39, 0.29) is 17.6 Å². The minimum atomic E-state index is -0.299. The van der Waals surface area contributed by atoms with Gasteiger partial charge in [0, 0.05) is 61.6 Å². The molecular weight excluding hydrogens is 430 g/mol. The largest absolute Gasteiger partial charge is 0.346 e. The number of H-pyrrole nitrogens is 1. The normalized spacial score (nSPS) is 23.9. The van der Waals surface area contributed by atoms with Crippen molar-refractivity contribution in [2.75, 3.05) is 26.2 Å². The summed E-state index contributed by atoms with van der Waals surface area (Å²) in [7, 11) is 0. The number of rotatable bonds is 6. The van der Waals surface area contributed by atoms with Gasteiger partial charge in [0.25, 0.3) is 0 Å². The van der Waals surface area contributed by atoms with Crippen LogP contribution in [0.2, 0.25) is 0 Å². The quantitative estimate of drug-likeness (QED) is 0.583. The molecule has 2 amide bonds. The summed E-state index contributed by atoms with van der Waals surface area (Å²) < 4.78 is 1.97. The van der Waals surface area contributed by atoms with Gasteiger partial charge in [-0.3, -0.25) is 9.58 Å². The van der Waals surface area contributed by atoms with Crippen molar-refractivity contribution >= 4 is 17.1 Å². The van der Waals surface area contributed by atoms with E-state index in [2.05, 4.69) is 43.3 Å². The molecule has 0 radical (unpaired) electrons. The number of carbonyl (C=O) groups excluding carboxylic acids is 1. The highest BCUT2D eigenvalue weighted by Crippen LogP contribution is 2.45. The Labute approximate surface area is 199 Å². The molecule has 10 heteroatoms. The van der Waals surface area contributed by atoms with Gasteiger partial charge in [-0.2, -0.15) is 10.4 Å². The maximum absolute atomic E-state index is 12.4. The average Bonchev–Trinajstić information content (AvgIpc) is 3.51. The summed E-state index contributed by atoms with van der Waals surface area (Å²) in [6, 6.07) is 4.98. The van der Waals surface area contributed by atoms with Gasteiger partial charge in [-0.1, -0.05) is 6.92 Å². The molecule has 2 aliphatic rings. The van der Waals surface area contributed by atoms with Crippen molar-refractivity contribution in [2.24, 2.45) is 0 Å². The first-order valence-electron chi connectivity index (χ1n) is 12.0. The molecule has 1 aliphatic heterocycles. The highest BCUT2D eigenvalue weighted by molar-refractivity contribution is 5.90. The van der Waals surface area contributed by atoms with Gasteiger partial charge < -0.3 is 15.2 Å². The molecule has 3 aromatic heterocycles. The van der Waals surface area contributed by atoms with E-state index in [9.17, 15) is 10.1 Å². The maximum Gasteiger partial charge on any atom is 0.317 e. The van der Waals surface area contributed by atoms with Gasteiger partial charge in [0.1, 0.15) is 12.0 Å². The van der Waals surface area contributed by atoms with Crippen LogP contribution in [0.4, 0.5) is 4.79 Å². The summed E-state index contributed by atoms with van der Waals surface area (Å²) in [5, 5.41) is 18.2. The molecule has 0 aromatic carbocycles. The van der Waals surface area contributed by atoms with Crippen molar-refractivity contribution in [3.05, 3.63) is 31.0 Å². The van der Waals surface area contributed by atoms with Crippen LogP contribution >= 0.6 is 0 Å². The zero-order valence-electron chi connectivity index (χ0n) is 19.7. The van der Waals surface area contributed by atoms with E-state index in [1.54, 1.807) is 6.33 Å². The number of urea groups is 1. The molecule has 34 heavy (non-hydrogen) atoms. The first-order chi connectivity index (χ1) is 16.5. The number of aromatic amines is 1. The van der Waals surface area contributed by atoms with Crippen molar-refractivity contribution < 1.29 is 4.79 Å². The molecule has 5 rings (SSSR count). The van der Waals surface area contributed by atoms with Gasteiger partial charge in [0.15, 0.2) is 0 Å². The fraction of sp³-hybridized carbons (Fsp3) is 0.542. The SMILES string of the molecule is CC[C@H](C)NC(=O)N1CCN([C@H]2C[C@@](CC#N)(n3cc(-c4ncnc5[nH]ccc45)cn3)C2)CC1. The molecule has 10 nitrogen and oxygen atoms in total. The molecule has 1 saturated heterocycles. The monoisotopic (exact) mass is 461 g/mol. The van der Waals surface area contributed by atoms with Crippen LogP contribution in [0.1, 0.15) is 39.5 Å². The fourth-order valence-electron chi connectivity index (χ4n) is 5.14. The van der Waals surface area contributed by atoms with E-state index in [1.807, 2.05) is 41.2 Å². The summed E-state index contributed by atoms with van der Waals surface area (Å²) in [5.74, 6) is 0. The zero-order valence-corrected chi connectivity index (χ0v) is 19.7. The third-order valence-corrected chi connectivity index (χ3v) is 7.44. The second-order valence-corrected chi connectivity index (χ2v) is 9.54. The first-order valence-corrected chi connectivity index (χ1v) is 12.0. The topological polar surface area (TPSA) is 119 Å². The number of nitriles is 1. The number of nitrogens with one attached hydrogen (secondary N) is 2. The molecule has 2 N–H and O–H groups in total. The Hall–Kier alpha value is -3.45. The van der Waals surface area contributed by atoms with Crippen molar-refractivity contribution in [1.29, 1.82) is 5.26 Å². The minimum Gasteiger partial charge on any atom is -0.346 e. The maximum atomic E-state index is 12.4. The van der Waals surface area contributed by atoms with Gasteiger partial charge in [0.2, 0.25) is 0 Å². The van der Waals surface area contributed by atoms with E-state index >= 15 is 0 Å². The van der Waals surface area contributed by atoms with Crippen LogP contribution in [0.25, 0.3) is 22.3 Å². The lowest BCUT2D eigenvalue weighted by Crippen LogP contribution is -2.61. The smallest absolute Gasteiger partial charge is 0.317 e. The Kier molecular flexibility index (Phi) is 5.96. The second-order valence-electron chi connectivity index (χ2n) is 9.54. The van der Waals surface area contributed by atoms with Crippen LogP contribution in [0.15, 0.2) is 31.0 Å². The van der Waals surface area contributed by atoms with E-state index in [0.29, 0.717) is 12.5 Å². The standard InChI is InChI=1S/C24H31N9O/c1-3-17(2)30-23(34)32-10-8-31(9-11-32)19-12-24(13-19,5-6-25)33-15-18(14-29-33)21-20-4-7-26-22(20)28-16-27-21/h4,7,14-17,19H,3,5,8-13H2,1-2H3,(H,30,34)(H,26,27,28)/t17-,19-,24+/m0/s1. The lowest BCUT2D eigenvalue weighted by Gasteiger charge is -2.52. The van der Waals surface area contributed by atoms with E-state index in [4.69, 9.17) is 0 Å². The number of fused-ring (bicyclic) bond motifs is 1. The van der Waals surface area contributed by atoms with Crippen LogP contribution < -0.4 is 5.32 Å². The molecule has 178 valence electrons. The minimum absolute atomic E-state index is 0.0340. The van der Waals surface area contributed by atoms with Crippen LogP contribution in [-0.4, -0.2) is 78.8 Å². The highest BCUT2D eigenvalue weighted by atomic mass is 16.2. The summed E-state index contributed by atoms with van der Waals surface area (Å²) in [5.41, 5.74) is 2.26. The molecule has 3 aromatic rings. The Morgan fingerprint density at radius 3 is 2.85 bits per heavy atom. The van der Waals surface area contributed by atoms with Crippen molar-refractivity contribution in [2.45, 2.75) is 57.2 Å². The van der Waals surface area contributed by atoms with Crippen molar-refractivity contribution in [1.82, 2.24) is 39.8 Å². The van der Waals surface area contributed by atoms with Gasteiger partial charge in [-0.05, 0) is 32.3 Å². The Morgan fingerprint density at radius 1 is 1.32 bits per heavy atom. The van der Waals surface area contributed by atoms with E-state index in [0.717, 1.165) is 67.7 Å². The average molecular weight is 462 g/mol. The third-order valence-electron chi connectivity index (χ3n) is 7.44. The molecule has 4 heterocycles. The summed E-state index contributed by atoms with van der Waals surface area (Å²) >= 11 is 0. The number of hydrogen-bond donors (Lipinski definition) is 2.